The molecule has 0 atom stereocenters. The first-order valence-electron chi connectivity index (χ1n) is 7.56. The standard InChI is InChI=1S/C19H13ClN2O4/c20-15-4-1-3-14(11-15)18(23)22-21-12-13-6-8-16(9-7-13)26-19(24)17-5-2-10-25-17/h1-12H,(H,22,23)/b21-12-. The van der Waals surface area contributed by atoms with Gasteiger partial charge < -0.3 is 9.15 Å². The van der Waals surface area contributed by atoms with Crippen LogP contribution in [0.2, 0.25) is 5.02 Å². The summed E-state index contributed by atoms with van der Waals surface area (Å²) in [6.45, 7) is 0. The van der Waals surface area contributed by atoms with E-state index in [1.165, 1.54) is 18.5 Å². The number of nitrogens with zero attached hydrogens (tertiary/aromatic N) is 1. The Labute approximate surface area is 154 Å². The second-order valence-electron chi connectivity index (χ2n) is 5.15. The number of carbonyl (C=O) groups is 2. The van der Waals surface area contributed by atoms with E-state index in [0.29, 0.717) is 21.9 Å². The van der Waals surface area contributed by atoms with Crippen LogP contribution in [0.1, 0.15) is 26.5 Å². The van der Waals surface area contributed by atoms with Crippen LogP contribution in [0.25, 0.3) is 0 Å². The maximum Gasteiger partial charge on any atom is 0.379 e. The lowest BCUT2D eigenvalue weighted by Crippen LogP contribution is -2.17. The quantitative estimate of drug-likeness (QED) is 0.320. The molecule has 0 bridgehead atoms. The number of ether oxygens (including phenoxy) is 1. The molecule has 1 aromatic heterocycles. The molecule has 0 aliphatic heterocycles. The smallest absolute Gasteiger partial charge is 0.379 e. The van der Waals surface area contributed by atoms with Crippen LogP contribution in [0.5, 0.6) is 5.75 Å². The van der Waals surface area contributed by atoms with Gasteiger partial charge in [-0.05, 0) is 60.2 Å². The van der Waals surface area contributed by atoms with Gasteiger partial charge in [-0.3, -0.25) is 4.79 Å². The number of amides is 1. The molecule has 0 spiro atoms. The van der Waals surface area contributed by atoms with Gasteiger partial charge in [-0.2, -0.15) is 5.10 Å². The molecule has 0 saturated heterocycles. The predicted octanol–water partition coefficient (Wildman–Crippen LogP) is 3.92. The van der Waals surface area contributed by atoms with Crippen molar-refractivity contribution in [3.63, 3.8) is 0 Å². The molecule has 0 aliphatic rings. The lowest BCUT2D eigenvalue weighted by molar-refractivity contribution is 0.0701. The zero-order chi connectivity index (χ0) is 18.4. The van der Waals surface area contributed by atoms with Crippen LogP contribution >= 0.6 is 11.6 Å². The third-order valence-corrected chi connectivity index (χ3v) is 3.51. The Morgan fingerprint density at radius 3 is 2.58 bits per heavy atom. The third kappa shape index (κ3) is 4.58. The molecule has 0 unspecified atom stereocenters. The molecule has 0 saturated carbocycles. The highest BCUT2D eigenvalue weighted by Crippen LogP contribution is 2.14. The Bertz CT molecular complexity index is 934. The molecule has 0 fully saturated rings. The molecule has 26 heavy (non-hydrogen) atoms. The zero-order valence-electron chi connectivity index (χ0n) is 13.4. The van der Waals surface area contributed by atoms with Crippen molar-refractivity contribution < 1.29 is 18.7 Å². The molecule has 7 heteroatoms. The normalized spacial score (nSPS) is 10.7. The number of hydrogen-bond donors (Lipinski definition) is 1. The van der Waals surface area contributed by atoms with E-state index in [4.69, 9.17) is 20.8 Å². The number of esters is 1. The van der Waals surface area contributed by atoms with E-state index in [1.54, 1.807) is 54.6 Å². The van der Waals surface area contributed by atoms with Gasteiger partial charge in [-0.1, -0.05) is 17.7 Å². The van der Waals surface area contributed by atoms with Gasteiger partial charge >= 0.3 is 5.97 Å². The maximum atomic E-state index is 11.9. The lowest BCUT2D eigenvalue weighted by Gasteiger charge is -2.02. The molecule has 0 aliphatic carbocycles. The van der Waals surface area contributed by atoms with E-state index in [1.807, 2.05) is 0 Å². The van der Waals surface area contributed by atoms with Gasteiger partial charge in [0.05, 0.1) is 12.5 Å². The number of rotatable bonds is 5. The highest BCUT2D eigenvalue weighted by atomic mass is 35.5. The van der Waals surface area contributed by atoms with Gasteiger partial charge in [0.15, 0.2) is 0 Å². The molecule has 0 radical (unpaired) electrons. The number of furan rings is 1. The fraction of sp³-hybridized carbons (Fsp3) is 0. The van der Waals surface area contributed by atoms with Crippen LogP contribution in [-0.4, -0.2) is 18.1 Å². The summed E-state index contributed by atoms with van der Waals surface area (Å²) >= 11 is 5.84. The third-order valence-electron chi connectivity index (χ3n) is 3.28. The van der Waals surface area contributed by atoms with Crippen LogP contribution < -0.4 is 10.2 Å². The van der Waals surface area contributed by atoms with Crippen molar-refractivity contribution in [2.75, 3.05) is 0 Å². The summed E-state index contributed by atoms with van der Waals surface area (Å²) in [4.78, 5) is 23.7. The lowest BCUT2D eigenvalue weighted by atomic mass is 10.2. The minimum atomic E-state index is -0.579. The Morgan fingerprint density at radius 2 is 1.88 bits per heavy atom. The minimum Gasteiger partial charge on any atom is -0.457 e. The molecule has 1 heterocycles. The Balaban J connectivity index is 1.56. The van der Waals surface area contributed by atoms with E-state index in [2.05, 4.69) is 10.5 Å². The molecule has 130 valence electrons. The second-order valence-corrected chi connectivity index (χ2v) is 5.58. The van der Waals surface area contributed by atoms with Crippen molar-refractivity contribution in [3.05, 3.63) is 88.8 Å². The van der Waals surface area contributed by atoms with Gasteiger partial charge in [0.2, 0.25) is 5.76 Å². The first-order valence-corrected chi connectivity index (χ1v) is 7.94. The average molecular weight is 369 g/mol. The Hall–Kier alpha value is -3.38. The van der Waals surface area contributed by atoms with Crippen LogP contribution in [0.4, 0.5) is 0 Å². The predicted molar refractivity (Wildman–Crippen MR) is 96.6 cm³/mol. The zero-order valence-corrected chi connectivity index (χ0v) is 14.1. The highest BCUT2D eigenvalue weighted by molar-refractivity contribution is 6.30. The summed E-state index contributed by atoms with van der Waals surface area (Å²) < 4.78 is 10.1. The van der Waals surface area contributed by atoms with E-state index in [9.17, 15) is 9.59 Å². The van der Waals surface area contributed by atoms with Crippen LogP contribution in [-0.2, 0) is 0 Å². The molecular weight excluding hydrogens is 356 g/mol. The van der Waals surface area contributed by atoms with Gasteiger partial charge in [0.25, 0.3) is 5.91 Å². The van der Waals surface area contributed by atoms with Crippen molar-refractivity contribution >= 4 is 29.7 Å². The van der Waals surface area contributed by atoms with E-state index in [0.717, 1.165) is 0 Å². The summed E-state index contributed by atoms with van der Waals surface area (Å²) in [6, 6.07) is 16.3. The molecule has 1 N–H and O–H groups in total. The number of halogens is 1. The van der Waals surface area contributed by atoms with Gasteiger partial charge in [-0.25, -0.2) is 10.2 Å². The van der Waals surface area contributed by atoms with Crippen LogP contribution in [0, 0.1) is 0 Å². The fourth-order valence-corrected chi connectivity index (χ4v) is 2.22. The van der Waals surface area contributed by atoms with Crippen LogP contribution in [0.15, 0.2) is 76.4 Å². The Morgan fingerprint density at radius 1 is 1.08 bits per heavy atom. The monoisotopic (exact) mass is 368 g/mol. The number of hydrogen-bond acceptors (Lipinski definition) is 5. The fourth-order valence-electron chi connectivity index (χ4n) is 2.03. The topological polar surface area (TPSA) is 80.9 Å². The van der Waals surface area contributed by atoms with Crippen molar-refractivity contribution in [2.45, 2.75) is 0 Å². The highest BCUT2D eigenvalue weighted by Gasteiger charge is 2.10. The number of benzene rings is 2. The summed E-state index contributed by atoms with van der Waals surface area (Å²) in [5, 5.41) is 4.36. The van der Waals surface area contributed by atoms with Crippen molar-refractivity contribution in [3.8, 4) is 5.75 Å². The molecule has 2 aromatic carbocycles. The summed E-state index contributed by atoms with van der Waals surface area (Å²) in [5.41, 5.74) is 3.54. The molecule has 1 amide bonds. The molecule has 6 nitrogen and oxygen atoms in total. The molecule has 3 aromatic rings. The van der Waals surface area contributed by atoms with Gasteiger partial charge in [-0.15, -0.1) is 0 Å². The number of hydrazone groups is 1. The van der Waals surface area contributed by atoms with Crippen molar-refractivity contribution in [1.29, 1.82) is 0 Å². The number of carbonyl (C=O) groups excluding carboxylic acids is 2. The van der Waals surface area contributed by atoms with E-state index in [-0.39, 0.29) is 11.7 Å². The first kappa shape index (κ1) is 17.4. The van der Waals surface area contributed by atoms with Gasteiger partial charge in [0, 0.05) is 10.6 Å². The van der Waals surface area contributed by atoms with E-state index < -0.39 is 5.97 Å². The molecular formula is C19H13ClN2O4. The summed E-state index contributed by atoms with van der Waals surface area (Å²) in [7, 11) is 0. The van der Waals surface area contributed by atoms with Gasteiger partial charge in [0.1, 0.15) is 5.75 Å². The maximum absolute atomic E-state index is 11.9. The second kappa shape index (κ2) is 8.13. The summed E-state index contributed by atoms with van der Waals surface area (Å²) in [5.74, 6) is -0.455. The SMILES string of the molecule is O=C(N/N=C\c1ccc(OC(=O)c2ccco2)cc1)c1cccc(Cl)c1. The summed E-state index contributed by atoms with van der Waals surface area (Å²) in [6.07, 6.45) is 2.87. The first-order chi connectivity index (χ1) is 12.6. The molecule has 3 rings (SSSR count). The van der Waals surface area contributed by atoms with E-state index >= 15 is 0 Å². The minimum absolute atomic E-state index is 0.124. The van der Waals surface area contributed by atoms with Crippen molar-refractivity contribution in [1.82, 2.24) is 5.43 Å². The Kier molecular flexibility index (Phi) is 5.46. The largest absolute Gasteiger partial charge is 0.457 e. The van der Waals surface area contributed by atoms with Crippen LogP contribution in [0.3, 0.4) is 0 Å². The van der Waals surface area contributed by atoms with Crippen molar-refractivity contribution in [2.24, 2.45) is 5.10 Å². The number of nitrogens with one attached hydrogen (secondary N) is 1. The average Bonchev–Trinajstić information content (AvgIpc) is 3.18.